The first-order chi connectivity index (χ1) is 7.45. The van der Waals surface area contributed by atoms with Crippen LogP contribution >= 0.6 is 0 Å². The van der Waals surface area contributed by atoms with E-state index in [1.54, 1.807) is 0 Å². The van der Waals surface area contributed by atoms with Crippen molar-refractivity contribution in [1.29, 1.82) is 0 Å². The molecule has 3 rings (SSSR count). The number of nitrogens with zero attached hydrogens (tertiary/aromatic N) is 1. The third kappa shape index (κ3) is 1.51. The zero-order valence-electron chi connectivity index (χ0n) is 8.61. The number of nitrogens with one attached hydrogen (secondary N) is 1. The predicted octanol–water partition coefficient (Wildman–Crippen LogP) is 2.09. The molecule has 0 aliphatic carbocycles. The Morgan fingerprint density at radius 2 is 2.07 bits per heavy atom. The average molecular weight is 198 g/mol. The largest absolute Gasteiger partial charge is 0.311 e. The van der Waals surface area contributed by atoms with E-state index < -0.39 is 0 Å². The lowest BCUT2D eigenvalue weighted by Gasteiger charge is -2.23. The van der Waals surface area contributed by atoms with Crippen molar-refractivity contribution in [2.45, 2.75) is 6.42 Å². The summed E-state index contributed by atoms with van der Waals surface area (Å²) in [6, 6.07) is 10.6. The minimum atomic E-state index is 0.564. The van der Waals surface area contributed by atoms with Crippen LogP contribution in [0.1, 0.15) is 12.0 Å². The van der Waals surface area contributed by atoms with Crippen molar-refractivity contribution in [2.24, 2.45) is 10.9 Å². The molecule has 0 aromatic heterocycles. The van der Waals surface area contributed by atoms with Gasteiger partial charge in [-0.2, -0.15) is 0 Å². The molecule has 0 spiro atoms. The van der Waals surface area contributed by atoms with Gasteiger partial charge in [0, 0.05) is 24.4 Å². The normalized spacial score (nSPS) is 24.4. The Morgan fingerprint density at radius 3 is 2.93 bits per heavy atom. The van der Waals surface area contributed by atoms with Crippen LogP contribution in [0.2, 0.25) is 0 Å². The van der Waals surface area contributed by atoms with Gasteiger partial charge in [0.05, 0.1) is 0 Å². The minimum Gasteiger partial charge on any atom is -0.311 e. The number of piperidine rings is 1. The summed E-state index contributed by atoms with van der Waals surface area (Å²) in [7, 11) is 0. The number of aliphatic imine (C=N–C) groups is 1. The molecule has 0 bridgehead atoms. The molecule has 1 aromatic rings. The summed E-state index contributed by atoms with van der Waals surface area (Å²) in [5.74, 6) is 0.564. The summed E-state index contributed by atoms with van der Waals surface area (Å²) in [5, 5.41) is 3.36. The SMILES string of the molecule is C1=C(c2ccccc2)[C@H]2CCNCC2=N1. The van der Waals surface area contributed by atoms with E-state index in [4.69, 9.17) is 0 Å². The van der Waals surface area contributed by atoms with Gasteiger partial charge in [-0.3, -0.25) is 4.99 Å². The predicted molar refractivity (Wildman–Crippen MR) is 62.8 cm³/mol. The van der Waals surface area contributed by atoms with E-state index in [-0.39, 0.29) is 0 Å². The summed E-state index contributed by atoms with van der Waals surface area (Å²) in [6.45, 7) is 2.06. The smallest absolute Gasteiger partial charge is 0.0393 e. The number of hydrogen-bond donors (Lipinski definition) is 1. The van der Waals surface area contributed by atoms with E-state index in [0.29, 0.717) is 5.92 Å². The number of benzene rings is 1. The molecule has 2 heteroatoms. The number of fused-ring (bicyclic) bond motifs is 1. The van der Waals surface area contributed by atoms with Gasteiger partial charge in [-0.05, 0) is 24.1 Å². The van der Waals surface area contributed by atoms with Crippen LogP contribution < -0.4 is 5.32 Å². The van der Waals surface area contributed by atoms with Gasteiger partial charge >= 0.3 is 0 Å². The van der Waals surface area contributed by atoms with E-state index in [1.807, 2.05) is 6.20 Å². The summed E-state index contributed by atoms with van der Waals surface area (Å²) >= 11 is 0. The Morgan fingerprint density at radius 1 is 1.20 bits per heavy atom. The maximum atomic E-state index is 4.51. The van der Waals surface area contributed by atoms with Crippen LogP contribution in [0, 0.1) is 5.92 Å². The first-order valence-corrected chi connectivity index (χ1v) is 5.48. The second-order valence-corrected chi connectivity index (χ2v) is 4.09. The highest BCUT2D eigenvalue weighted by Crippen LogP contribution is 2.32. The molecule has 2 aliphatic rings. The Kier molecular flexibility index (Phi) is 2.14. The summed E-state index contributed by atoms with van der Waals surface area (Å²) in [6.07, 6.45) is 3.22. The molecule has 15 heavy (non-hydrogen) atoms. The zero-order valence-corrected chi connectivity index (χ0v) is 8.61. The second kappa shape index (κ2) is 3.63. The first-order valence-electron chi connectivity index (χ1n) is 5.48. The van der Waals surface area contributed by atoms with Crippen molar-refractivity contribution in [3.8, 4) is 0 Å². The lowest BCUT2D eigenvalue weighted by atomic mass is 9.86. The number of allylic oxidation sites excluding steroid dienone is 1. The van der Waals surface area contributed by atoms with Crippen LogP contribution in [0.4, 0.5) is 0 Å². The topological polar surface area (TPSA) is 24.4 Å². The molecule has 0 radical (unpaired) electrons. The van der Waals surface area contributed by atoms with Crippen LogP contribution in [0.15, 0.2) is 41.5 Å². The molecule has 0 amide bonds. The van der Waals surface area contributed by atoms with Crippen LogP contribution in [0.25, 0.3) is 5.57 Å². The van der Waals surface area contributed by atoms with Gasteiger partial charge in [0.2, 0.25) is 0 Å². The molecule has 1 N–H and O–H groups in total. The third-order valence-corrected chi connectivity index (χ3v) is 3.17. The fraction of sp³-hybridized carbons (Fsp3) is 0.308. The highest BCUT2D eigenvalue weighted by Gasteiger charge is 2.27. The summed E-state index contributed by atoms with van der Waals surface area (Å²) < 4.78 is 0. The van der Waals surface area contributed by atoms with Crippen molar-refractivity contribution < 1.29 is 0 Å². The molecule has 76 valence electrons. The quantitative estimate of drug-likeness (QED) is 0.734. The highest BCUT2D eigenvalue weighted by atomic mass is 14.9. The van der Waals surface area contributed by atoms with Crippen molar-refractivity contribution >= 4 is 11.3 Å². The molecule has 0 saturated carbocycles. The molecule has 1 aromatic carbocycles. The molecule has 0 unspecified atom stereocenters. The molecule has 1 saturated heterocycles. The fourth-order valence-electron chi connectivity index (χ4n) is 2.37. The number of rotatable bonds is 1. The van der Waals surface area contributed by atoms with Crippen molar-refractivity contribution in [2.75, 3.05) is 13.1 Å². The summed E-state index contributed by atoms with van der Waals surface area (Å²) in [5.41, 5.74) is 4.02. The van der Waals surface area contributed by atoms with Gasteiger partial charge in [-0.25, -0.2) is 0 Å². The van der Waals surface area contributed by atoms with Gasteiger partial charge < -0.3 is 5.32 Å². The van der Waals surface area contributed by atoms with Gasteiger partial charge in [0.25, 0.3) is 0 Å². The Balaban J connectivity index is 1.91. The molecular weight excluding hydrogens is 184 g/mol. The van der Waals surface area contributed by atoms with Crippen LogP contribution in [-0.4, -0.2) is 18.8 Å². The molecular formula is C13H14N2. The maximum Gasteiger partial charge on any atom is 0.0393 e. The van der Waals surface area contributed by atoms with E-state index in [0.717, 1.165) is 13.1 Å². The zero-order chi connectivity index (χ0) is 10.1. The van der Waals surface area contributed by atoms with Crippen LogP contribution in [0.3, 0.4) is 0 Å². The van der Waals surface area contributed by atoms with Gasteiger partial charge in [0.1, 0.15) is 0 Å². The summed E-state index contributed by atoms with van der Waals surface area (Å²) in [4.78, 5) is 4.51. The highest BCUT2D eigenvalue weighted by molar-refractivity contribution is 6.02. The van der Waals surface area contributed by atoms with E-state index in [2.05, 4.69) is 40.6 Å². The number of hydrogen-bond acceptors (Lipinski definition) is 2. The fourth-order valence-corrected chi connectivity index (χ4v) is 2.37. The van der Waals surface area contributed by atoms with Gasteiger partial charge in [0.15, 0.2) is 0 Å². The van der Waals surface area contributed by atoms with E-state index in [9.17, 15) is 0 Å². The van der Waals surface area contributed by atoms with Crippen molar-refractivity contribution in [3.63, 3.8) is 0 Å². The minimum absolute atomic E-state index is 0.564. The monoisotopic (exact) mass is 198 g/mol. The van der Waals surface area contributed by atoms with Crippen LogP contribution in [0.5, 0.6) is 0 Å². The van der Waals surface area contributed by atoms with Gasteiger partial charge in [-0.15, -0.1) is 0 Å². The average Bonchev–Trinajstić information content (AvgIpc) is 2.74. The van der Waals surface area contributed by atoms with Crippen LogP contribution in [-0.2, 0) is 0 Å². The Labute approximate surface area is 89.7 Å². The maximum absolute atomic E-state index is 4.51. The van der Waals surface area contributed by atoms with E-state index >= 15 is 0 Å². The second-order valence-electron chi connectivity index (χ2n) is 4.09. The van der Waals surface area contributed by atoms with Crippen molar-refractivity contribution in [3.05, 3.63) is 42.1 Å². The molecule has 1 fully saturated rings. The molecule has 1 atom stereocenters. The third-order valence-electron chi connectivity index (χ3n) is 3.17. The molecule has 2 aliphatic heterocycles. The van der Waals surface area contributed by atoms with Gasteiger partial charge in [-0.1, -0.05) is 30.3 Å². The standard InChI is InChI=1S/C13H14N2/c1-2-4-10(5-3-1)12-8-15-13-9-14-7-6-11(12)13/h1-5,8,11,14H,6-7,9H2/t11-/m1/s1. The van der Waals surface area contributed by atoms with E-state index in [1.165, 1.54) is 23.3 Å². The molecule has 2 nitrogen and oxygen atoms in total. The Hall–Kier alpha value is -1.41. The van der Waals surface area contributed by atoms with Crippen molar-refractivity contribution in [1.82, 2.24) is 5.32 Å². The lowest BCUT2D eigenvalue weighted by molar-refractivity contribution is 0.620. The first kappa shape index (κ1) is 8.86. The lowest BCUT2D eigenvalue weighted by Crippen LogP contribution is -2.35. The molecule has 2 heterocycles. The Bertz CT molecular complexity index is 417.